The highest BCUT2D eigenvalue weighted by Gasteiger charge is 2.07. The number of phenolic OH excluding ortho intramolecular Hbond substituents is 2. The van der Waals surface area contributed by atoms with Gasteiger partial charge in [0.1, 0.15) is 11.4 Å². The van der Waals surface area contributed by atoms with Gasteiger partial charge in [-0.1, -0.05) is 6.07 Å². The number of aromatic hydroxyl groups is 2. The lowest BCUT2D eigenvalue weighted by Crippen LogP contribution is -1.93. The van der Waals surface area contributed by atoms with Crippen LogP contribution in [0.1, 0.15) is 23.6 Å². The van der Waals surface area contributed by atoms with E-state index in [-0.39, 0.29) is 11.5 Å². The van der Waals surface area contributed by atoms with Crippen LogP contribution in [0, 0.1) is 13.8 Å². The highest BCUT2D eigenvalue weighted by atomic mass is 16.5. The van der Waals surface area contributed by atoms with Crippen molar-refractivity contribution in [3.63, 3.8) is 0 Å². The van der Waals surface area contributed by atoms with Crippen molar-refractivity contribution in [1.29, 1.82) is 0 Å². The van der Waals surface area contributed by atoms with Gasteiger partial charge in [-0.2, -0.15) is 0 Å². The minimum absolute atomic E-state index is 0.0476. The SMILES string of the molecule is CCOc1cccc(C=Nc2cc(C)c(C)cc2O)c1O. The Morgan fingerprint density at radius 2 is 1.86 bits per heavy atom. The summed E-state index contributed by atoms with van der Waals surface area (Å²) in [6.45, 7) is 6.22. The van der Waals surface area contributed by atoms with E-state index in [2.05, 4.69) is 4.99 Å². The van der Waals surface area contributed by atoms with E-state index in [0.29, 0.717) is 23.6 Å². The summed E-state index contributed by atoms with van der Waals surface area (Å²) in [4.78, 5) is 4.25. The maximum atomic E-state index is 10.1. The summed E-state index contributed by atoms with van der Waals surface area (Å²) < 4.78 is 5.33. The zero-order valence-corrected chi connectivity index (χ0v) is 12.4. The van der Waals surface area contributed by atoms with Gasteiger partial charge in [0.25, 0.3) is 0 Å². The summed E-state index contributed by atoms with van der Waals surface area (Å²) in [5, 5.41) is 20.0. The average molecular weight is 285 g/mol. The molecule has 0 heterocycles. The summed E-state index contributed by atoms with van der Waals surface area (Å²) in [6, 6.07) is 8.71. The van der Waals surface area contributed by atoms with E-state index in [1.807, 2.05) is 26.8 Å². The predicted octanol–water partition coefficient (Wildman–Crippen LogP) is 3.86. The zero-order chi connectivity index (χ0) is 15.4. The molecule has 2 rings (SSSR count). The Bertz CT molecular complexity index is 678. The topological polar surface area (TPSA) is 62.0 Å². The van der Waals surface area contributed by atoms with Gasteiger partial charge in [0.05, 0.1) is 6.61 Å². The van der Waals surface area contributed by atoms with E-state index in [9.17, 15) is 10.2 Å². The van der Waals surface area contributed by atoms with Gasteiger partial charge < -0.3 is 14.9 Å². The Morgan fingerprint density at radius 3 is 2.57 bits per heavy atom. The molecule has 0 saturated carbocycles. The van der Waals surface area contributed by atoms with Crippen LogP contribution in [-0.4, -0.2) is 23.0 Å². The van der Waals surface area contributed by atoms with Crippen molar-refractivity contribution < 1.29 is 14.9 Å². The molecule has 0 aliphatic carbocycles. The predicted molar refractivity (Wildman–Crippen MR) is 84.1 cm³/mol. The Hall–Kier alpha value is -2.49. The van der Waals surface area contributed by atoms with Crippen molar-refractivity contribution in [3.8, 4) is 17.2 Å². The highest BCUT2D eigenvalue weighted by Crippen LogP contribution is 2.31. The number of nitrogens with zero attached hydrogens (tertiary/aromatic N) is 1. The minimum Gasteiger partial charge on any atom is -0.506 e. The van der Waals surface area contributed by atoms with E-state index < -0.39 is 0 Å². The number of aliphatic imine (C=N–C) groups is 1. The smallest absolute Gasteiger partial charge is 0.166 e. The van der Waals surface area contributed by atoms with Crippen molar-refractivity contribution in [1.82, 2.24) is 0 Å². The van der Waals surface area contributed by atoms with E-state index in [0.717, 1.165) is 11.1 Å². The molecule has 2 N–H and O–H groups in total. The molecule has 4 heteroatoms. The molecule has 0 fully saturated rings. The van der Waals surface area contributed by atoms with Crippen LogP contribution in [0.5, 0.6) is 17.2 Å². The van der Waals surface area contributed by atoms with E-state index in [1.165, 1.54) is 6.21 Å². The first kappa shape index (κ1) is 14.9. The lowest BCUT2D eigenvalue weighted by Gasteiger charge is -2.07. The van der Waals surface area contributed by atoms with Gasteiger partial charge in [-0.3, -0.25) is 4.99 Å². The highest BCUT2D eigenvalue weighted by molar-refractivity contribution is 5.87. The second-order valence-electron chi connectivity index (χ2n) is 4.81. The number of rotatable bonds is 4. The normalized spacial score (nSPS) is 11.0. The fourth-order valence-electron chi connectivity index (χ4n) is 1.94. The first-order chi connectivity index (χ1) is 10.0. The summed E-state index contributed by atoms with van der Waals surface area (Å²) in [5.74, 6) is 0.590. The lowest BCUT2D eigenvalue weighted by molar-refractivity contribution is 0.318. The van der Waals surface area contributed by atoms with E-state index in [4.69, 9.17) is 4.74 Å². The third kappa shape index (κ3) is 3.34. The minimum atomic E-state index is 0.0476. The lowest BCUT2D eigenvalue weighted by atomic mass is 10.1. The standard InChI is InChI=1S/C17H19NO3/c1-4-21-16-7-5-6-13(17(16)20)10-18-14-8-11(2)12(3)9-15(14)19/h5-10,19-20H,4H2,1-3H3. The van der Waals surface area contributed by atoms with Gasteiger partial charge in [-0.05, 0) is 56.2 Å². The molecule has 2 aromatic carbocycles. The third-order valence-corrected chi connectivity index (χ3v) is 3.26. The average Bonchev–Trinajstić information content (AvgIpc) is 2.45. The number of para-hydroxylation sites is 1. The van der Waals surface area contributed by atoms with Crippen LogP contribution in [-0.2, 0) is 0 Å². The number of hydrogen-bond acceptors (Lipinski definition) is 4. The molecule has 0 spiro atoms. The maximum absolute atomic E-state index is 10.1. The molecule has 21 heavy (non-hydrogen) atoms. The number of ether oxygens (including phenoxy) is 1. The Morgan fingerprint density at radius 1 is 1.14 bits per heavy atom. The summed E-state index contributed by atoms with van der Waals surface area (Å²) in [6.07, 6.45) is 1.52. The second-order valence-corrected chi connectivity index (χ2v) is 4.81. The van der Waals surface area contributed by atoms with Gasteiger partial charge in [-0.25, -0.2) is 0 Å². The largest absolute Gasteiger partial charge is 0.506 e. The number of aryl methyl sites for hydroxylation is 2. The molecule has 0 atom stereocenters. The monoisotopic (exact) mass is 285 g/mol. The van der Waals surface area contributed by atoms with Crippen LogP contribution in [0.2, 0.25) is 0 Å². The van der Waals surface area contributed by atoms with Gasteiger partial charge in [-0.15, -0.1) is 0 Å². The molecule has 4 nitrogen and oxygen atoms in total. The van der Waals surface area contributed by atoms with Crippen molar-refractivity contribution >= 4 is 11.9 Å². The van der Waals surface area contributed by atoms with Crippen molar-refractivity contribution in [3.05, 3.63) is 47.0 Å². The number of hydrogen-bond donors (Lipinski definition) is 2. The van der Waals surface area contributed by atoms with Crippen LogP contribution in [0.25, 0.3) is 0 Å². The molecule has 0 radical (unpaired) electrons. The summed E-state index contributed by atoms with van der Waals surface area (Å²) in [5.41, 5.74) is 3.07. The van der Waals surface area contributed by atoms with Crippen molar-refractivity contribution in [2.45, 2.75) is 20.8 Å². The molecule has 110 valence electrons. The Kier molecular flexibility index (Phi) is 4.48. The number of phenols is 2. The molecule has 0 aromatic heterocycles. The fourth-order valence-corrected chi connectivity index (χ4v) is 1.94. The van der Waals surface area contributed by atoms with E-state index in [1.54, 1.807) is 24.3 Å². The van der Waals surface area contributed by atoms with Crippen molar-refractivity contribution in [2.75, 3.05) is 6.61 Å². The molecule has 0 amide bonds. The molecular formula is C17H19NO3. The fraction of sp³-hybridized carbons (Fsp3) is 0.235. The number of benzene rings is 2. The molecule has 0 aliphatic rings. The summed E-state index contributed by atoms with van der Waals surface area (Å²) in [7, 11) is 0. The molecule has 0 saturated heterocycles. The Labute approximate surface area is 124 Å². The van der Waals surface area contributed by atoms with Crippen LogP contribution < -0.4 is 4.74 Å². The molecule has 0 aliphatic heterocycles. The molecule has 0 unspecified atom stereocenters. The molecular weight excluding hydrogens is 266 g/mol. The third-order valence-electron chi connectivity index (χ3n) is 3.26. The second kappa shape index (κ2) is 6.31. The van der Waals surface area contributed by atoms with Crippen molar-refractivity contribution in [2.24, 2.45) is 4.99 Å². The van der Waals surface area contributed by atoms with Gasteiger partial charge in [0, 0.05) is 11.8 Å². The maximum Gasteiger partial charge on any atom is 0.166 e. The summed E-state index contributed by atoms with van der Waals surface area (Å²) >= 11 is 0. The van der Waals surface area contributed by atoms with Gasteiger partial charge in [0.2, 0.25) is 0 Å². The molecule has 2 aromatic rings. The van der Waals surface area contributed by atoms with Crippen LogP contribution in [0.15, 0.2) is 35.3 Å². The van der Waals surface area contributed by atoms with Crippen LogP contribution in [0.4, 0.5) is 5.69 Å². The zero-order valence-electron chi connectivity index (χ0n) is 12.4. The van der Waals surface area contributed by atoms with Gasteiger partial charge >= 0.3 is 0 Å². The van der Waals surface area contributed by atoms with Crippen LogP contribution in [0.3, 0.4) is 0 Å². The Balaban J connectivity index is 2.34. The molecule has 0 bridgehead atoms. The van der Waals surface area contributed by atoms with Gasteiger partial charge in [0.15, 0.2) is 11.5 Å². The quantitative estimate of drug-likeness (QED) is 0.838. The first-order valence-corrected chi connectivity index (χ1v) is 6.82. The van der Waals surface area contributed by atoms with E-state index >= 15 is 0 Å². The van der Waals surface area contributed by atoms with Crippen LogP contribution >= 0.6 is 0 Å². The first-order valence-electron chi connectivity index (χ1n) is 6.82.